The van der Waals surface area contributed by atoms with Crippen LogP contribution in [-0.2, 0) is 21.2 Å². The zero-order valence-corrected chi connectivity index (χ0v) is 20.5. The minimum Gasteiger partial charge on any atom is -0.441 e. The fourth-order valence-electron chi connectivity index (χ4n) is 3.79. The lowest BCUT2D eigenvalue weighted by atomic mass is 10.1. The van der Waals surface area contributed by atoms with Gasteiger partial charge in [-0.05, 0) is 68.1 Å². The molecule has 1 fully saturated rings. The first-order chi connectivity index (χ1) is 16.7. The minimum absolute atomic E-state index is 0.0696. The molecule has 35 heavy (non-hydrogen) atoms. The number of hydrazine groups is 1. The van der Waals surface area contributed by atoms with Crippen molar-refractivity contribution in [1.82, 2.24) is 20.1 Å². The number of sulfonamides is 1. The normalized spacial score (nSPS) is 14.1. The van der Waals surface area contributed by atoms with Crippen LogP contribution in [0.2, 0.25) is 0 Å². The van der Waals surface area contributed by atoms with Gasteiger partial charge in [0.2, 0.25) is 15.9 Å². The number of nitrogens with zero attached hydrogens (tertiary/aromatic N) is 2. The number of carbonyl (C=O) groups excluding carboxylic acids is 2. The molecule has 0 aliphatic carbocycles. The Morgan fingerprint density at radius 2 is 1.71 bits per heavy atom. The number of rotatable bonds is 7. The second-order valence-corrected chi connectivity index (χ2v) is 10.5. The maximum atomic E-state index is 12.6. The van der Waals surface area contributed by atoms with Crippen molar-refractivity contribution in [1.29, 1.82) is 0 Å². The quantitative estimate of drug-likeness (QED) is 0.485. The number of nitrogens with one attached hydrogen (secondary N) is 2. The first kappa shape index (κ1) is 24.6. The van der Waals surface area contributed by atoms with E-state index in [4.69, 9.17) is 4.42 Å². The molecule has 2 heterocycles. The fourth-order valence-corrected chi connectivity index (χ4v) is 5.31. The predicted octanol–water partition coefficient (Wildman–Crippen LogP) is 3.14. The molecule has 1 aromatic heterocycles. The lowest BCUT2D eigenvalue weighted by Crippen LogP contribution is -2.41. The second kappa shape index (κ2) is 10.4. The van der Waals surface area contributed by atoms with E-state index >= 15 is 0 Å². The molecular weight excluding hydrogens is 468 g/mol. The molecule has 1 aliphatic rings. The van der Waals surface area contributed by atoms with Crippen LogP contribution in [0, 0.1) is 13.8 Å². The van der Waals surface area contributed by atoms with Crippen molar-refractivity contribution in [2.24, 2.45) is 0 Å². The minimum atomic E-state index is -3.54. The molecule has 2 N–H and O–H groups in total. The molecule has 1 saturated heterocycles. The largest absolute Gasteiger partial charge is 0.441 e. The van der Waals surface area contributed by atoms with E-state index in [9.17, 15) is 18.0 Å². The van der Waals surface area contributed by atoms with Gasteiger partial charge in [-0.15, -0.1) is 0 Å². The lowest BCUT2D eigenvalue weighted by Gasteiger charge is -2.15. The number of hydrogen-bond acceptors (Lipinski definition) is 6. The van der Waals surface area contributed by atoms with Crippen molar-refractivity contribution < 1.29 is 22.4 Å². The second-order valence-electron chi connectivity index (χ2n) is 8.56. The lowest BCUT2D eigenvalue weighted by molar-refractivity contribution is -0.121. The van der Waals surface area contributed by atoms with Crippen molar-refractivity contribution in [3.05, 3.63) is 71.2 Å². The summed E-state index contributed by atoms with van der Waals surface area (Å²) in [6.45, 7) is 5.09. The summed E-state index contributed by atoms with van der Waals surface area (Å²) in [6.07, 6.45) is 3.68. The molecule has 10 heteroatoms. The molecule has 0 unspecified atom stereocenters. The summed E-state index contributed by atoms with van der Waals surface area (Å²) in [5.74, 6) is 0.107. The van der Waals surface area contributed by atoms with Gasteiger partial charge in [-0.1, -0.05) is 12.1 Å². The van der Waals surface area contributed by atoms with Crippen LogP contribution < -0.4 is 10.9 Å². The van der Waals surface area contributed by atoms with Gasteiger partial charge in [0.15, 0.2) is 11.7 Å². The standard InChI is InChI=1S/C25H28N4O5S/c1-17-5-6-20(15-18(17)2)22-16-26-24(34-22)12-11-23(30)27-28-25(31)19-7-9-21(10-8-19)35(32,33)29-13-3-4-14-29/h5-10,15-16H,3-4,11-14H2,1-2H3,(H,27,30)(H,28,31). The van der Waals surface area contributed by atoms with Crippen LogP contribution in [0.5, 0.6) is 0 Å². The van der Waals surface area contributed by atoms with E-state index in [0.717, 1.165) is 24.0 Å². The fraction of sp³-hybridized carbons (Fsp3) is 0.320. The third kappa shape index (κ3) is 5.77. The van der Waals surface area contributed by atoms with E-state index in [1.54, 1.807) is 6.20 Å². The van der Waals surface area contributed by atoms with E-state index in [1.807, 2.05) is 32.0 Å². The first-order valence-corrected chi connectivity index (χ1v) is 12.9. The molecule has 4 rings (SSSR count). The summed E-state index contributed by atoms with van der Waals surface area (Å²) in [5.41, 5.74) is 8.19. The average molecular weight is 497 g/mol. The Labute approximate surface area is 204 Å². The molecule has 1 aliphatic heterocycles. The molecule has 2 aromatic carbocycles. The first-order valence-electron chi connectivity index (χ1n) is 11.5. The Morgan fingerprint density at radius 1 is 1.00 bits per heavy atom. The van der Waals surface area contributed by atoms with Gasteiger partial charge in [0.25, 0.3) is 5.91 Å². The molecule has 2 amide bonds. The number of hydrogen-bond donors (Lipinski definition) is 2. The van der Waals surface area contributed by atoms with Gasteiger partial charge >= 0.3 is 0 Å². The van der Waals surface area contributed by atoms with Crippen LogP contribution >= 0.6 is 0 Å². The van der Waals surface area contributed by atoms with Crippen molar-refractivity contribution in [2.45, 2.75) is 44.4 Å². The number of amides is 2. The zero-order valence-electron chi connectivity index (χ0n) is 19.7. The number of benzene rings is 2. The average Bonchev–Trinajstić information content (AvgIpc) is 3.56. The van der Waals surface area contributed by atoms with Crippen molar-refractivity contribution >= 4 is 21.8 Å². The van der Waals surface area contributed by atoms with E-state index in [2.05, 4.69) is 15.8 Å². The molecule has 9 nitrogen and oxygen atoms in total. The van der Waals surface area contributed by atoms with Crippen molar-refractivity contribution in [3.63, 3.8) is 0 Å². The van der Waals surface area contributed by atoms with Gasteiger partial charge in [-0.3, -0.25) is 20.4 Å². The monoisotopic (exact) mass is 496 g/mol. The van der Waals surface area contributed by atoms with Gasteiger partial charge in [0, 0.05) is 37.1 Å². The van der Waals surface area contributed by atoms with Crippen LogP contribution in [0.4, 0.5) is 0 Å². The Hall–Kier alpha value is -3.50. The topological polar surface area (TPSA) is 122 Å². The van der Waals surface area contributed by atoms with E-state index in [1.165, 1.54) is 34.1 Å². The molecule has 0 saturated carbocycles. The summed E-state index contributed by atoms with van der Waals surface area (Å²) >= 11 is 0. The smallest absolute Gasteiger partial charge is 0.269 e. The molecule has 0 radical (unpaired) electrons. The Balaban J connectivity index is 1.26. The summed E-state index contributed by atoms with van der Waals surface area (Å²) in [5, 5.41) is 0. The molecule has 0 spiro atoms. The van der Waals surface area contributed by atoms with Crippen molar-refractivity contribution in [2.75, 3.05) is 13.1 Å². The molecule has 0 atom stereocenters. The Kier molecular flexibility index (Phi) is 7.32. The van der Waals surface area contributed by atoms with E-state index < -0.39 is 21.8 Å². The third-order valence-corrected chi connectivity index (χ3v) is 7.96. The van der Waals surface area contributed by atoms with Gasteiger partial charge in [0.1, 0.15) is 0 Å². The Bertz CT molecular complexity index is 1330. The third-order valence-electron chi connectivity index (χ3n) is 6.05. The number of aryl methyl sites for hydroxylation is 3. The Morgan fingerprint density at radius 3 is 2.40 bits per heavy atom. The summed E-state index contributed by atoms with van der Waals surface area (Å²) < 4.78 is 32.4. The van der Waals surface area contributed by atoms with Gasteiger partial charge in [0.05, 0.1) is 11.1 Å². The highest BCUT2D eigenvalue weighted by Gasteiger charge is 2.27. The number of aromatic nitrogens is 1. The highest BCUT2D eigenvalue weighted by atomic mass is 32.2. The maximum absolute atomic E-state index is 12.6. The maximum Gasteiger partial charge on any atom is 0.269 e. The summed E-state index contributed by atoms with van der Waals surface area (Å²) in [7, 11) is -3.54. The number of carbonyl (C=O) groups is 2. The van der Waals surface area contributed by atoms with Crippen LogP contribution in [-0.4, -0.2) is 42.6 Å². The van der Waals surface area contributed by atoms with Crippen molar-refractivity contribution in [3.8, 4) is 11.3 Å². The molecular formula is C25H28N4O5S. The van der Waals surface area contributed by atoms with Crippen LogP contribution in [0.15, 0.2) is 58.0 Å². The summed E-state index contributed by atoms with van der Waals surface area (Å²) in [6, 6.07) is 11.7. The van der Waals surface area contributed by atoms with E-state index in [-0.39, 0.29) is 23.3 Å². The molecule has 0 bridgehead atoms. The number of oxazole rings is 1. The predicted molar refractivity (Wildman–Crippen MR) is 130 cm³/mol. The SMILES string of the molecule is Cc1ccc(-c2cnc(CCC(=O)NNC(=O)c3ccc(S(=O)(=O)N4CCCC4)cc3)o2)cc1C. The highest BCUT2D eigenvalue weighted by molar-refractivity contribution is 7.89. The zero-order chi connectivity index (χ0) is 25.0. The molecule has 184 valence electrons. The highest BCUT2D eigenvalue weighted by Crippen LogP contribution is 2.23. The van der Waals surface area contributed by atoms with Crippen LogP contribution in [0.1, 0.15) is 46.6 Å². The summed E-state index contributed by atoms with van der Waals surface area (Å²) in [4.78, 5) is 28.9. The van der Waals surface area contributed by atoms with Gasteiger partial charge in [-0.25, -0.2) is 13.4 Å². The van der Waals surface area contributed by atoms with Crippen LogP contribution in [0.25, 0.3) is 11.3 Å². The van der Waals surface area contributed by atoms with Crippen LogP contribution in [0.3, 0.4) is 0 Å². The van der Waals surface area contributed by atoms with Gasteiger partial charge in [-0.2, -0.15) is 4.31 Å². The van der Waals surface area contributed by atoms with E-state index in [0.29, 0.717) is 24.7 Å². The molecule has 3 aromatic rings. The van der Waals surface area contributed by atoms with Gasteiger partial charge < -0.3 is 4.42 Å².